The molecule has 2 heterocycles. The molecule has 2 atom stereocenters. The van der Waals surface area contributed by atoms with Crippen LogP contribution >= 0.6 is 0 Å². The molecule has 0 aromatic heterocycles. The molecule has 1 N–H and O–H groups in total. The monoisotopic (exact) mass is 348 g/mol. The van der Waals surface area contributed by atoms with E-state index in [0.717, 1.165) is 23.3 Å². The van der Waals surface area contributed by atoms with Crippen LogP contribution in [0.15, 0.2) is 24.3 Å². The van der Waals surface area contributed by atoms with Gasteiger partial charge in [0.1, 0.15) is 12.4 Å². The molecule has 7 heteroatoms. The molecule has 0 radical (unpaired) electrons. The van der Waals surface area contributed by atoms with Gasteiger partial charge in [0, 0.05) is 19.6 Å². The van der Waals surface area contributed by atoms with Crippen molar-refractivity contribution in [3.63, 3.8) is 0 Å². The van der Waals surface area contributed by atoms with Crippen molar-refractivity contribution in [3.8, 4) is 0 Å². The van der Waals surface area contributed by atoms with Crippen LogP contribution in [0, 0.1) is 11.7 Å². The molecule has 0 bridgehead atoms. The molecule has 3 amide bonds. The van der Waals surface area contributed by atoms with E-state index in [4.69, 9.17) is 4.74 Å². The lowest BCUT2D eigenvalue weighted by molar-refractivity contribution is -0.143. The van der Waals surface area contributed by atoms with E-state index in [9.17, 15) is 18.8 Å². The average molecular weight is 348 g/mol. The van der Waals surface area contributed by atoms with Gasteiger partial charge >= 0.3 is 0 Å². The Bertz CT molecular complexity index is 656. The second kappa shape index (κ2) is 7.74. The van der Waals surface area contributed by atoms with Gasteiger partial charge in [-0.25, -0.2) is 4.39 Å². The van der Waals surface area contributed by atoms with E-state index in [-0.39, 0.29) is 42.6 Å². The summed E-state index contributed by atoms with van der Waals surface area (Å²) in [5, 5.41) is 2.71. The highest BCUT2D eigenvalue weighted by molar-refractivity contribution is 6.06. The number of nitrogens with one attached hydrogen (secondary N) is 1. The first-order chi connectivity index (χ1) is 12.0. The van der Waals surface area contributed by atoms with Gasteiger partial charge in [0.05, 0.1) is 12.0 Å². The maximum atomic E-state index is 12.9. The summed E-state index contributed by atoms with van der Waals surface area (Å²) in [6, 6.07) is 5.86. The van der Waals surface area contributed by atoms with Gasteiger partial charge in [-0.2, -0.15) is 0 Å². The Kier molecular flexibility index (Phi) is 5.43. The number of nitrogens with zero attached hydrogens (tertiary/aromatic N) is 1. The van der Waals surface area contributed by atoms with Gasteiger partial charge in [0.2, 0.25) is 17.7 Å². The Hall–Kier alpha value is -2.28. The van der Waals surface area contributed by atoms with Crippen LogP contribution in [0.5, 0.6) is 0 Å². The Morgan fingerprint density at radius 2 is 2.04 bits per heavy atom. The Labute approximate surface area is 145 Å². The first-order valence-electron chi connectivity index (χ1n) is 8.50. The van der Waals surface area contributed by atoms with Crippen molar-refractivity contribution in [2.75, 3.05) is 19.7 Å². The van der Waals surface area contributed by atoms with Crippen LogP contribution in [0.1, 0.15) is 24.8 Å². The lowest BCUT2D eigenvalue weighted by Crippen LogP contribution is -2.42. The van der Waals surface area contributed by atoms with Gasteiger partial charge in [-0.3, -0.25) is 19.3 Å². The Morgan fingerprint density at radius 3 is 2.72 bits per heavy atom. The lowest BCUT2D eigenvalue weighted by atomic mass is 9.98. The molecule has 2 saturated heterocycles. The quantitative estimate of drug-likeness (QED) is 0.780. The molecular weight excluding hydrogens is 327 g/mol. The number of likely N-dealkylation sites (tertiary alicyclic amines) is 1. The molecule has 2 unspecified atom stereocenters. The van der Waals surface area contributed by atoms with Gasteiger partial charge in [-0.05, 0) is 37.0 Å². The van der Waals surface area contributed by atoms with Crippen molar-refractivity contribution in [1.29, 1.82) is 0 Å². The van der Waals surface area contributed by atoms with E-state index >= 15 is 0 Å². The summed E-state index contributed by atoms with van der Waals surface area (Å²) < 4.78 is 18.4. The minimum Gasteiger partial charge on any atom is -0.376 e. The van der Waals surface area contributed by atoms with Gasteiger partial charge in [0.15, 0.2) is 0 Å². The van der Waals surface area contributed by atoms with E-state index in [1.54, 1.807) is 12.1 Å². The predicted molar refractivity (Wildman–Crippen MR) is 86.9 cm³/mol. The molecule has 134 valence electrons. The fraction of sp³-hybridized carbons (Fsp3) is 0.500. The number of imide groups is 1. The second-order valence-corrected chi connectivity index (χ2v) is 6.49. The Morgan fingerprint density at radius 1 is 1.28 bits per heavy atom. The maximum Gasteiger partial charge on any atom is 0.240 e. The summed E-state index contributed by atoms with van der Waals surface area (Å²) in [5.74, 6) is -1.89. The third-order valence-electron chi connectivity index (χ3n) is 4.59. The van der Waals surface area contributed by atoms with Crippen LogP contribution in [-0.2, 0) is 25.5 Å². The maximum absolute atomic E-state index is 12.9. The van der Waals surface area contributed by atoms with Crippen LogP contribution < -0.4 is 5.32 Å². The second-order valence-electron chi connectivity index (χ2n) is 6.49. The standard InChI is InChI=1S/C18H21FN2O4/c19-14-5-3-12(4-6-14)8-13-9-17(23)21(18(13)24)11-16(22)20-10-15-2-1-7-25-15/h3-6,13,15H,1-2,7-11H2,(H,20,22). The molecular formula is C18H21FN2O4. The summed E-state index contributed by atoms with van der Waals surface area (Å²) in [5.41, 5.74) is 0.789. The van der Waals surface area contributed by atoms with Crippen molar-refractivity contribution >= 4 is 17.7 Å². The highest BCUT2D eigenvalue weighted by Crippen LogP contribution is 2.23. The number of rotatable bonds is 6. The van der Waals surface area contributed by atoms with Crippen molar-refractivity contribution in [2.45, 2.75) is 31.8 Å². The largest absolute Gasteiger partial charge is 0.376 e. The summed E-state index contributed by atoms with van der Waals surface area (Å²) in [6.45, 7) is 0.840. The number of hydrogen-bond donors (Lipinski definition) is 1. The smallest absolute Gasteiger partial charge is 0.240 e. The molecule has 1 aromatic carbocycles. The minimum atomic E-state index is -0.496. The van der Waals surface area contributed by atoms with Gasteiger partial charge in [0.25, 0.3) is 0 Å². The van der Waals surface area contributed by atoms with Gasteiger partial charge in [-0.1, -0.05) is 12.1 Å². The normalized spacial score (nSPS) is 23.3. The van der Waals surface area contributed by atoms with E-state index in [2.05, 4.69) is 5.32 Å². The number of carbonyl (C=O) groups excluding carboxylic acids is 3. The summed E-state index contributed by atoms with van der Waals surface area (Å²) in [6.07, 6.45) is 2.34. The van der Waals surface area contributed by atoms with Crippen molar-refractivity contribution in [2.24, 2.45) is 5.92 Å². The fourth-order valence-corrected chi connectivity index (χ4v) is 3.21. The third kappa shape index (κ3) is 4.42. The molecule has 2 fully saturated rings. The summed E-state index contributed by atoms with van der Waals surface area (Å²) in [4.78, 5) is 37.5. The Balaban J connectivity index is 1.51. The van der Waals surface area contributed by atoms with Crippen LogP contribution in [0.25, 0.3) is 0 Å². The first-order valence-corrected chi connectivity index (χ1v) is 8.50. The van der Waals surface area contributed by atoms with Gasteiger partial charge < -0.3 is 10.1 Å². The number of amides is 3. The molecule has 2 aliphatic heterocycles. The lowest BCUT2D eigenvalue weighted by Gasteiger charge is -2.16. The number of benzene rings is 1. The van der Waals surface area contributed by atoms with E-state index in [1.807, 2.05) is 0 Å². The zero-order valence-corrected chi connectivity index (χ0v) is 13.9. The first kappa shape index (κ1) is 17.5. The van der Waals surface area contributed by atoms with Gasteiger partial charge in [-0.15, -0.1) is 0 Å². The van der Waals surface area contributed by atoms with Crippen molar-refractivity contribution in [3.05, 3.63) is 35.6 Å². The van der Waals surface area contributed by atoms with Crippen molar-refractivity contribution < 1.29 is 23.5 Å². The highest BCUT2D eigenvalue weighted by Gasteiger charge is 2.39. The molecule has 3 rings (SSSR count). The topological polar surface area (TPSA) is 75.7 Å². The minimum absolute atomic E-state index is 0.0140. The van der Waals surface area contributed by atoms with Crippen LogP contribution in [0.3, 0.4) is 0 Å². The third-order valence-corrected chi connectivity index (χ3v) is 4.59. The van der Waals surface area contributed by atoms with Crippen LogP contribution in [0.4, 0.5) is 4.39 Å². The van der Waals surface area contributed by atoms with E-state index < -0.39 is 5.92 Å². The summed E-state index contributed by atoms with van der Waals surface area (Å²) in [7, 11) is 0. The van der Waals surface area contributed by atoms with E-state index in [0.29, 0.717) is 19.6 Å². The zero-order chi connectivity index (χ0) is 17.8. The number of halogens is 1. The molecule has 2 aliphatic rings. The molecule has 0 aliphatic carbocycles. The van der Waals surface area contributed by atoms with Crippen LogP contribution in [-0.4, -0.2) is 48.4 Å². The molecule has 1 aromatic rings. The number of ether oxygens (including phenoxy) is 1. The number of hydrogen-bond acceptors (Lipinski definition) is 4. The molecule has 25 heavy (non-hydrogen) atoms. The molecule has 6 nitrogen and oxygen atoms in total. The van der Waals surface area contributed by atoms with E-state index in [1.165, 1.54) is 12.1 Å². The van der Waals surface area contributed by atoms with Crippen LogP contribution in [0.2, 0.25) is 0 Å². The molecule has 0 saturated carbocycles. The zero-order valence-electron chi connectivity index (χ0n) is 13.9. The SMILES string of the molecule is O=C(CN1C(=O)CC(Cc2ccc(F)cc2)C1=O)NCC1CCCO1. The molecule has 0 spiro atoms. The summed E-state index contributed by atoms with van der Waals surface area (Å²) >= 11 is 0. The average Bonchev–Trinajstić information content (AvgIpc) is 3.19. The highest BCUT2D eigenvalue weighted by atomic mass is 19.1. The van der Waals surface area contributed by atoms with Crippen molar-refractivity contribution in [1.82, 2.24) is 10.2 Å². The number of carbonyl (C=O) groups is 3. The predicted octanol–water partition coefficient (Wildman–Crippen LogP) is 1.04. The fourth-order valence-electron chi connectivity index (χ4n) is 3.21.